The second-order valence-electron chi connectivity index (χ2n) is 4.87. The molecule has 0 fully saturated rings. The fourth-order valence-electron chi connectivity index (χ4n) is 2.42. The summed E-state index contributed by atoms with van der Waals surface area (Å²) in [7, 11) is 1.87. The first-order valence-electron chi connectivity index (χ1n) is 6.45. The molecule has 0 bridgehead atoms. The van der Waals surface area contributed by atoms with Gasteiger partial charge in [-0.1, -0.05) is 6.07 Å². The van der Waals surface area contributed by atoms with Crippen LogP contribution in [-0.4, -0.2) is 20.7 Å². The lowest BCUT2D eigenvalue weighted by atomic mass is 10.1. The van der Waals surface area contributed by atoms with E-state index in [-0.39, 0.29) is 5.91 Å². The number of aryl methyl sites for hydroxylation is 2. The van der Waals surface area contributed by atoms with Crippen LogP contribution < -0.4 is 5.32 Å². The summed E-state index contributed by atoms with van der Waals surface area (Å²) in [5.74, 6) is -0.116. The fraction of sp³-hybridized carbons (Fsp3) is 0.200. The maximum absolute atomic E-state index is 12.5. The molecule has 0 aliphatic heterocycles. The minimum atomic E-state index is -0.116. The third-order valence-corrected chi connectivity index (χ3v) is 3.59. The van der Waals surface area contributed by atoms with E-state index in [0.717, 1.165) is 28.0 Å². The normalized spacial score (nSPS) is 10.9. The molecule has 0 aliphatic rings. The zero-order valence-electron chi connectivity index (χ0n) is 11.7. The Hall–Kier alpha value is -2.56. The van der Waals surface area contributed by atoms with E-state index in [0.29, 0.717) is 5.56 Å². The van der Waals surface area contributed by atoms with Crippen LogP contribution in [-0.2, 0) is 7.05 Å². The van der Waals surface area contributed by atoms with Crippen molar-refractivity contribution in [3.05, 3.63) is 47.4 Å². The second kappa shape index (κ2) is 4.52. The number of nitrogens with one attached hydrogen (secondary N) is 2. The van der Waals surface area contributed by atoms with E-state index in [1.165, 1.54) is 0 Å². The van der Waals surface area contributed by atoms with Gasteiger partial charge in [0.25, 0.3) is 5.91 Å². The van der Waals surface area contributed by atoms with Crippen molar-refractivity contribution in [1.29, 1.82) is 0 Å². The maximum atomic E-state index is 12.5. The number of aromatic nitrogens is 3. The van der Waals surface area contributed by atoms with Crippen LogP contribution in [0.4, 0.5) is 5.69 Å². The van der Waals surface area contributed by atoms with Crippen LogP contribution in [0.15, 0.2) is 30.5 Å². The summed E-state index contributed by atoms with van der Waals surface area (Å²) in [5, 5.41) is 8.19. The summed E-state index contributed by atoms with van der Waals surface area (Å²) in [5.41, 5.74) is 4.16. The summed E-state index contributed by atoms with van der Waals surface area (Å²) < 4.78 is 1.77. The third-order valence-electron chi connectivity index (χ3n) is 3.59. The highest BCUT2D eigenvalue weighted by molar-refractivity contribution is 6.12. The molecule has 0 spiro atoms. The molecular weight excluding hydrogens is 252 g/mol. The number of rotatable bonds is 2. The molecule has 0 saturated carbocycles. The Morgan fingerprint density at radius 2 is 2.10 bits per heavy atom. The number of carbonyl (C=O) groups is 1. The van der Waals surface area contributed by atoms with Crippen molar-refractivity contribution in [1.82, 2.24) is 14.8 Å². The molecule has 20 heavy (non-hydrogen) atoms. The number of benzene rings is 1. The minimum Gasteiger partial charge on any atom is -0.361 e. The highest BCUT2D eigenvalue weighted by atomic mass is 16.1. The molecule has 2 N–H and O–H groups in total. The van der Waals surface area contributed by atoms with Crippen LogP contribution >= 0.6 is 0 Å². The van der Waals surface area contributed by atoms with Gasteiger partial charge in [0.2, 0.25) is 0 Å². The van der Waals surface area contributed by atoms with E-state index >= 15 is 0 Å². The van der Waals surface area contributed by atoms with E-state index in [4.69, 9.17) is 0 Å². The molecule has 5 heteroatoms. The lowest BCUT2D eigenvalue weighted by Crippen LogP contribution is -2.13. The van der Waals surface area contributed by atoms with Crippen molar-refractivity contribution in [2.24, 2.45) is 7.05 Å². The lowest BCUT2D eigenvalue weighted by Gasteiger charge is -2.07. The molecule has 1 aromatic carbocycles. The van der Waals surface area contributed by atoms with E-state index in [9.17, 15) is 4.79 Å². The molecule has 0 unspecified atom stereocenters. The van der Waals surface area contributed by atoms with Crippen LogP contribution in [0.25, 0.3) is 10.9 Å². The van der Waals surface area contributed by atoms with Crippen molar-refractivity contribution in [3.8, 4) is 0 Å². The molecule has 0 radical (unpaired) electrons. The summed E-state index contributed by atoms with van der Waals surface area (Å²) in [6.07, 6.45) is 1.84. The molecule has 0 aliphatic carbocycles. The van der Waals surface area contributed by atoms with Gasteiger partial charge in [0.05, 0.1) is 17.1 Å². The van der Waals surface area contributed by atoms with Gasteiger partial charge in [0, 0.05) is 29.7 Å². The summed E-state index contributed by atoms with van der Waals surface area (Å²) in [6.45, 7) is 3.83. The minimum absolute atomic E-state index is 0.116. The van der Waals surface area contributed by atoms with Crippen molar-refractivity contribution in [2.45, 2.75) is 13.8 Å². The van der Waals surface area contributed by atoms with Crippen LogP contribution in [0.2, 0.25) is 0 Å². The smallest absolute Gasteiger partial charge is 0.256 e. The van der Waals surface area contributed by atoms with Gasteiger partial charge >= 0.3 is 0 Å². The van der Waals surface area contributed by atoms with Crippen LogP contribution in [0.5, 0.6) is 0 Å². The molecule has 2 aromatic heterocycles. The molecule has 5 nitrogen and oxygen atoms in total. The van der Waals surface area contributed by atoms with Crippen LogP contribution in [0.3, 0.4) is 0 Å². The molecule has 3 aromatic rings. The number of hydrogen-bond acceptors (Lipinski definition) is 2. The van der Waals surface area contributed by atoms with Crippen LogP contribution in [0, 0.1) is 13.8 Å². The highest BCUT2D eigenvalue weighted by Crippen LogP contribution is 2.22. The van der Waals surface area contributed by atoms with E-state index in [1.807, 2.05) is 51.4 Å². The number of carbonyl (C=O) groups excluding carboxylic acids is 1. The largest absolute Gasteiger partial charge is 0.361 e. The van der Waals surface area contributed by atoms with Crippen molar-refractivity contribution in [2.75, 3.05) is 5.32 Å². The Kier molecular flexibility index (Phi) is 2.82. The van der Waals surface area contributed by atoms with Gasteiger partial charge in [-0.15, -0.1) is 0 Å². The first kappa shape index (κ1) is 12.5. The summed E-state index contributed by atoms with van der Waals surface area (Å²) in [6, 6.07) is 7.56. The average molecular weight is 268 g/mol. The van der Waals surface area contributed by atoms with Crippen LogP contribution in [0.1, 0.15) is 21.7 Å². The standard InChI is InChI=1S/C15H16N4O/c1-9-14(10(2)19(3)18-9)17-15(20)12-5-4-6-13-11(12)7-8-16-13/h4-8,16H,1-3H3,(H,17,20). The highest BCUT2D eigenvalue weighted by Gasteiger charge is 2.15. The Morgan fingerprint density at radius 3 is 2.80 bits per heavy atom. The first-order valence-corrected chi connectivity index (χ1v) is 6.45. The van der Waals surface area contributed by atoms with Gasteiger partial charge in [-0.05, 0) is 32.0 Å². The SMILES string of the molecule is Cc1nn(C)c(C)c1NC(=O)c1cccc2[nH]ccc12. The van der Waals surface area contributed by atoms with Gasteiger partial charge in [0.1, 0.15) is 0 Å². The number of aromatic amines is 1. The van der Waals surface area contributed by atoms with E-state index in [2.05, 4.69) is 15.4 Å². The van der Waals surface area contributed by atoms with E-state index < -0.39 is 0 Å². The number of anilines is 1. The summed E-state index contributed by atoms with van der Waals surface area (Å²) in [4.78, 5) is 15.6. The molecule has 102 valence electrons. The maximum Gasteiger partial charge on any atom is 0.256 e. The first-order chi connectivity index (χ1) is 9.58. The van der Waals surface area contributed by atoms with E-state index in [1.54, 1.807) is 4.68 Å². The summed E-state index contributed by atoms with van der Waals surface area (Å²) >= 11 is 0. The topological polar surface area (TPSA) is 62.7 Å². The zero-order valence-corrected chi connectivity index (χ0v) is 11.7. The number of nitrogens with zero attached hydrogens (tertiary/aromatic N) is 2. The molecule has 0 saturated heterocycles. The predicted molar refractivity (Wildman–Crippen MR) is 78.9 cm³/mol. The zero-order chi connectivity index (χ0) is 14.3. The molecule has 0 atom stereocenters. The van der Waals surface area contributed by atoms with Gasteiger partial charge in [-0.3, -0.25) is 9.48 Å². The van der Waals surface area contributed by atoms with Gasteiger partial charge in [-0.25, -0.2) is 0 Å². The van der Waals surface area contributed by atoms with Crippen molar-refractivity contribution in [3.63, 3.8) is 0 Å². The monoisotopic (exact) mass is 268 g/mol. The Morgan fingerprint density at radius 1 is 1.30 bits per heavy atom. The molecular formula is C15H16N4O. The number of hydrogen-bond donors (Lipinski definition) is 2. The predicted octanol–water partition coefficient (Wildman–Crippen LogP) is 2.77. The van der Waals surface area contributed by atoms with Gasteiger partial charge in [0.15, 0.2) is 0 Å². The number of fused-ring (bicyclic) bond motifs is 1. The van der Waals surface area contributed by atoms with Gasteiger partial charge in [-0.2, -0.15) is 5.10 Å². The average Bonchev–Trinajstić information content (AvgIpc) is 2.99. The molecule has 1 amide bonds. The van der Waals surface area contributed by atoms with Gasteiger partial charge < -0.3 is 10.3 Å². The second-order valence-corrected chi connectivity index (χ2v) is 4.87. The fourth-order valence-corrected chi connectivity index (χ4v) is 2.42. The Labute approximate surface area is 116 Å². The number of H-pyrrole nitrogens is 1. The van der Waals surface area contributed by atoms with Crippen molar-refractivity contribution >= 4 is 22.5 Å². The lowest BCUT2D eigenvalue weighted by molar-refractivity contribution is 0.102. The molecule has 2 heterocycles. The molecule has 3 rings (SSSR count). The Bertz CT molecular complexity index is 797. The quantitative estimate of drug-likeness (QED) is 0.750. The third kappa shape index (κ3) is 1.87. The van der Waals surface area contributed by atoms with Crippen molar-refractivity contribution < 1.29 is 4.79 Å². The Balaban J connectivity index is 1.99. The number of amides is 1.